The van der Waals surface area contributed by atoms with Crippen LogP contribution in [-0.4, -0.2) is 27.7 Å². The third-order valence-corrected chi connectivity index (χ3v) is 4.22. The number of methoxy groups -OCH3 is 1. The van der Waals surface area contributed by atoms with Crippen molar-refractivity contribution in [3.05, 3.63) is 47.6 Å². The number of aromatic nitrogens is 2. The average molecular weight is 312 g/mol. The minimum Gasteiger partial charge on any atom is -0.495 e. The molecule has 0 radical (unpaired) electrons. The van der Waals surface area contributed by atoms with E-state index < -0.39 is 5.97 Å². The molecule has 3 rings (SSSR count). The van der Waals surface area contributed by atoms with Crippen molar-refractivity contribution in [2.24, 2.45) is 5.92 Å². The number of hydrogen-bond acceptors (Lipinski definition) is 3. The van der Waals surface area contributed by atoms with Crippen LogP contribution in [0.5, 0.6) is 5.75 Å². The predicted molar refractivity (Wildman–Crippen MR) is 87.8 cm³/mol. The molecule has 1 aromatic carbocycles. The van der Waals surface area contributed by atoms with Gasteiger partial charge < -0.3 is 14.4 Å². The minimum absolute atomic E-state index is 0.189. The monoisotopic (exact) mass is 312 g/mol. The summed E-state index contributed by atoms with van der Waals surface area (Å²) in [7, 11) is 1.62. The fourth-order valence-electron chi connectivity index (χ4n) is 2.85. The zero-order valence-corrected chi connectivity index (χ0v) is 13.5. The van der Waals surface area contributed by atoms with Gasteiger partial charge >= 0.3 is 5.97 Å². The van der Waals surface area contributed by atoms with Crippen molar-refractivity contribution >= 4 is 11.5 Å². The van der Waals surface area contributed by atoms with Gasteiger partial charge in [0.25, 0.3) is 0 Å². The van der Waals surface area contributed by atoms with E-state index in [1.165, 1.54) is 0 Å². The zero-order valence-electron chi connectivity index (χ0n) is 13.5. The van der Waals surface area contributed by atoms with Crippen LogP contribution in [0.4, 0.5) is 0 Å². The Morgan fingerprint density at radius 3 is 2.65 bits per heavy atom. The van der Waals surface area contributed by atoms with Crippen LogP contribution in [0.15, 0.2) is 36.3 Å². The maximum atomic E-state index is 11.5. The number of aliphatic carboxylic acids is 1. The van der Waals surface area contributed by atoms with Crippen LogP contribution in [-0.2, 0) is 4.79 Å². The molecular weight excluding hydrogens is 292 g/mol. The highest BCUT2D eigenvalue weighted by molar-refractivity contribution is 5.97. The largest absolute Gasteiger partial charge is 0.495 e. The molecule has 1 aliphatic rings. The van der Waals surface area contributed by atoms with E-state index in [9.17, 15) is 9.90 Å². The second-order valence-electron chi connectivity index (χ2n) is 5.93. The molecule has 0 bridgehead atoms. The molecule has 23 heavy (non-hydrogen) atoms. The summed E-state index contributed by atoms with van der Waals surface area (Å²) in [6, 6.07) is 5.77. The standard InChI is InChI=1S/C18H20N2O3/c1-11-9-20(10-19-11)15-7-6-14(8-16(15)23-3)12(2)17(18(21)22)13-4-5-13/h6-10,13H,4-5H2,1-3H3,(H,21,22). The summed E-state index contributed by atoms with van der Waals surface area (Å²) < 4.78 is 7.40. The maximum absolute atomic E-state index is 11.5. The molecular formula is C18H20N2O3. The van der Waals surface area contributed by atoms with Crippen LogP contribution >= 0.6 is 0 Å². The van der Waals surface area contributed by atoms with Gasteiger partial charge in [-0.15, -0.1) is 0 Å². The van der Waals surface area contributed by atoms with Crippen molar-refractivity contribution in [2.45, 2.75) is 26.7 Å². The van der Waals surface area contributed by atoms with Gasteiger partial charge in [-0.05, 0) is 55.9 Å². The molecule has 0 amide bonds. The topological polar surface area (TPSA) is 64.3 Å². The van der Waals surface area contributed by atoms with Crippen LogP contribution in [0.1, 0.15) is 31.0 Å². The first-order chi connectivity index (χ1) is 11.0. The van der Waals surface area contributed by atoms with E-state index in [2.05, 4.69) is 4.98 Å². The Balaban J connectivity index is 2.05. The molecule has 0 aliphatic heterocycles. The smallest absolute Gasteiger partial charge is 0.332 e. The number of ether oxygens (including phenoxy) is 1. The summed E-state index contributed by atoms with van der Waals surface area (Å²) in [6.45, 7) is 3.80. The highest BCUT2D eigenvalue weighted by Gasteiger charge is 2.32. The molecule has 120 valence electrons. The first kappa shape index (κ1) is 15.3. The number of aryl methyl sites for hydroxylation is 1. The van der Waals surface area contributed by atoms with Gasteiger partial charge in [0, 0.05) is 11.8 Å². The molecule has 0 unspecified atom stereocenters. The number of benzene rings is 1. The molecule has 1 aromatic heterocycles. The minimum atomic E-state index is -0.821. The highest BCUT2D eigenvalue weighted by atomic mass is 16.5. The van der Waals surface area contributed by atoms with E-state index in [4.69, 9.17) is 4.74 Å². The third kappa shape index (κ3) is 2.99. The van der Waals surface area contributed by atoms with Gasteiger partial charge in [0.05, 0.1) is 24.8 Å². The molecule has 2 aromatic rings. The number of nitrogens with zero attached hydrogens (tertiary/aromatic N) is 2. The predicted octanol–water partition coefficient (Wildman–Crippen LogP) is 3.46. The second-order valence-corrected chi connectivity index (χ2v) is 5.93. The van der Waals surface area contributed by atoms with Crippen molar-refractivity contribution in [2.75, 3.05) is 7.11 Å². The Kier molecular flexibility index (Phi) is 3.94. The summed E-state index contributed by atoms with van der Waals surface area (Å²) in [4.78, 5) is 15.8. The fourth-order valence-corrected chi connectivity index (χ4v) is 2.85. The van der Waals surface area contributed by atoms with E-state index in [0.29, 0.717) is 11.3 Å². The molecule has 5 heteroatoms. The molecule has 0 saturated heterocycles. The lowest BCUT2D eigenvalue weighted by molar-refractivity contribution is -0.132. The van der Waals surface area contributed by atoms with Crippen LogP contribution in [0.2, 0.25) is 0 Å². The Morgan fingerprint density at radius 2 is 2.13 bits per heavy atom. The molecule has 1 saturated carbocycles. The Labute approximate surface area is 135 Å². The van der Waals surface area contributed by atoms with E-state index in [-0.39, 0.29) is 5.92 Å². The lowest BCUT2D eigenvalue weighted by Crippen LogP contribution is -2.05. The van der Waals surface area contributed by atoms with Gasteiger partial charge in [0.2, 0.25) is 0 Å². The van der Waals surface area contributed by atoms with E-state index in [1.807, 2.05) is 42.8 Å². The second kappa shape index (κ2) is 5.91. The van der Waals surface area contributed by atoms with Gasteiger partial charge in [0.1, 0.15) is 5.75 Å². The summed E-state index contributed by atoms with van der Waals surface area (Å²) in [6.07, 6.45) is 5.58. The van der Waals surface area contributed by atoms with Crippen molar-refractivity contribution in [1.29, 1.82) is 0 Å². The molecule has 1 N–H and O–H groups in total. The van der Waals surface area contributed by atoms with Gasteiger partial charge in [-0.25, -0.2) is 9.78 Å². The lowest BCUT2D eigenvalue weighted by Gasteiger charge is -2.13. The van der Waals surface area contributed by atoms with Gasteiger partial charge in [0.15, 0.2) is 0 Å². The fraction of sp³-hybridized carbons (Fsp3) is 0.333. The Bertz CT molecular complexity index is 785. The van der Waals surface area contributed by atoms with Crippen molar-refractivity contribution in [1.82, 2.24) is 9.55 Å². The number of hydrogen-bond donors (Lipinski definition) is 1. The van der Waals surface area contributed by atoms with Gasteiger partial charge in [-0.2, -0.15) is 0 Å². The first-order valence-electron chi connectivity index (χ1n) is 7.64. The average Bonchev–Trinajstić information content (AvgIpc) is 3.26. The van der Waals surface area contributed by atoms with Crippen LogP contribution < -0.4 is 4.74 Å². The summed E-state index contributed by atoms with van der Waals surface area (Å²) in [5.74, 6) is 0.0625. The van der Waals surface area contributed by atoms with Crippen LogP contribution in [0, 0.1) is 12.8 Å². The number of allylic oxidation sites excluding steroid dienone is 1. The van der Waals surface area contributed by atoms with Crippen molar-refractivity contribution in [3.63, 3.8) is 0 Å². The number of carboxylic acids is 1. The normalized spacial score (nSPS) is 15.3. The molecule has 1 aliphatic carbocycles. The van der Waals surface area contributed by atoms with Crippen LogP contribution in [0.25, 0.3) is 11.3 Å². The number of rotatable bonds is 5. The maximum Gasteiger partial charge on any atom is 0.332 e. The molecule has 5 nitrogen and oxygen atoms in total. The molecule has 1 heterocycles. The third-order valence-electron chi connectivity index (χ3n) is 4.22. The number of carboxylic acid groups (broad SMARTS) is 1. The van der Waals surface area contributed by atoms with E-state index in [0.717, 1.165) is 35.4 Å². The highest BCUT2D eigenvalue weighted by Crippen LogP contribution is 2.41. The Hall–Kier alpha value is -2.56. The Morgan fingerprint density at radius 1 is 1.39 bits per heavy atom. The number of imidazole rings is 1. The summed E-state index contributed by atoms with van der Waals surface area (Å²) in [5, 5.41) is 9.48. The SMILES string of the molecule is COc1cc(C(C)=C(C(=O)O)C2CC2)ccc1-n1cnc(C)c1. The number of carbonyl (C=O) groups is 1. The summed E-state index contributed by atoms with van der Waals surface area (Å²) >= 11 is 0. The lowest BCUT2D eigenvalue weighted by atomic mass is 9.97. The summed E-state index contributed by atoms with van der Waals surface area (Å²) in [5.41, 5.74) is 4.03. The van der Waals surface area contributed by atoms with Crippen molar-refractivity contribution in [3.8, 4) is 11.4 Å². The van der Waals surface area contributed by atoms with E-state index >= 15 is 0 Å². The van der Waals surface area contributed by atoms with Crippen molar-refractivity contribution < 1.29 is 14.6 Å². The van der Waals surface area contributed by atoms with Crippen LogP contribution in [0.3, 0.4) is 0 Å². The molecule has 0 spiro atoms. The van der Waals surface area contributed by atoms with Gasteiger partial charge in [-0.3, -0.25) is 0 Å². The quantitative estimate of drug-likeness (QED) is 0.859. The van der Waals surface area contributed by atoms with E-state index in [1.54, 1.807) is 13.4 Å². The van der Waals surface area contributed by atoms with Gasteiger partial charge in [-0.1, -0.05) is 6.07 Å². The molecule has 1 fully saturated rings. The first-order valence-corrected chi connectivity index (χ1v) is 7.64. The molecule has 0 atom stereocenters. The zero-order chi connectivity index (χ0) is 16.6.